The first kappa shape index (κ1) is 13.8. The number of rotatable bonds is 4. The molecule has 104 valence electrons. The maximum Gasteiger partial charge on any atom is 0.311 e. The van der Waals surface area contributed by atoms with E-state index in [1.165, 1.54) is 23.3 Å². The lowest BCUT2D eigenvalue weighted by Gasteiger charge is -2.26. The van der Waals surface area contributed by atoms with Gasteiger partial charge in [0.1, 0.15) is 16.5 Å². The molecule has 1 fully saturated rings. The fourth-order valence-electron chi connectivity index (χ4n) is 2.09. The van der Waals surface area contributed by atoms with Crippen molar-refractivity contribution in [3.05, 3.63) is 16.3 Å². The van der Waals surface area contributed by atoms with Crippen LogP contribution in [0.15, 0.2) is 11.4 Å². The lowest BCUT2D eigenvalue weighted by Crippen LogP contribution is -2.44. The quantitative estimate of drug-likeness (QED) is 0.890. The lowest BCUT2D eigenvalue weighted by atomic mass is 10.0. The molecular formula is C12H15NO5S. The third-order valence-electron chi connectivity index (χ3n) is 3.23. The summed E-state index contributed by atoms with van der Waals surface area (Å²) in [6.45, 7) is 0.381. The summed E-state index contributed by atoms with van der Waals surface area (Å²) in [4.78, 5) is 25.4. The van der Waals surface area contributed by atoms with Gasteiger partial charge in [-0.3, -0.25) is 9.59 Å². The molecule has 2 atom stereocenters. The number of likely N-dealkylation sites (N-methyl/N-ethyl adjacent to an activating group) is 1. The fraction of sp³-hybridized carbons (Fsp3) is 0.500. The van der Waals surface area contributed by atoms with Gasteiger partial charge < -0.3 is 19.5 Å². The molecule has 0 aromatic carbocycles. The standard InChI is InChI=1S/C12H15NO5S/c1-13(8-6-18-5-7(8)12(15)16)11(14)10-9(17-2)3-4-19-10/h3-4,7-8H,5-6H2,1-2H3,(H,15,16). The van der Waals surface area contributed by atoms with Gasteiger partial charge in [0.05, 0.1) is 26.4 Å². The second-order valence-corrected chi connectivity index (χ2v) is 5.20. The Labute approximate surface area is 114 Å². The number of carboxylic acid groups (broad SMARTS) is 1. The number of amides is 1. The Hall–Kier alpha value is -1.60. The molecule has 6 nitrogen and oxygen atoms in total. The highest BCUT2D eigenvalue weighted by Crippen LogP contribution is 2.28. The van der Waals surface area contributed by atoms with E-state index < -0.39 is 17.9 Å². The summed E-state index contributed by atoms with van der Waals surface area (Å²) in [7, 11) is 3.09. The second-order valence-electron chi connectivity index (χ2n) is 4.28. The van der Waals surface area contributed by atoms with Crippen LogP contribution in [0.25, 0.3) is 0 Å². The highest BCUT2D eigenvalue weighted by atomic mass is 32.1. The van der Waals surface area contributed by atoms with Gasteiger partial charge in [0, 0.05) is 7.05 Å². The molecule has 1 N–H and O–H groups in total. The van der Waals surface area contributed by atoms with Crippen LogP contribution >= 0.6 is 11.3 Å². The highest BCUT2D eigenvalue weighted by Gasteiger charge is 2.39. The van der Waals surface area contributed by atoms with Gasteiger partial charge in [-0.25, -0.2) is 0 Å². The summed E-state index contributed by atoms with van der Waals surface area (Å²) in [5, 5.41) is 10.9. The summed E-state index contributed by atoms with van der Waals surface area (Å²) in [5.74, 6) is -1.36. The van der Waals surface area contributed by atoms with Crippen molar-refractivity contribution >= 4 is 23.2 Å². The molecule has 0 saturated carbocycles. The van der Waals surface area contributed by atoms with Crippen LogP contribution in [-0.2, 0) is 9.53 Å². The number of hydrogen-bond acceptors (Lipinski definition) is 5. The Morgan fingerprint density at radius 3 is 2.89 bits per heavy atom. The monoisotopic (exact) mass is 285 g/mol. The maximum absolute atomic E-state index is 12.3. The molecule has 19 heavy (non-hydrogen) atoms. The predicted octanol–water partition coefficient (Wildman–Crippen LogP) is 0.928. The van der Waals surface area contributed by atoms with Gasteiger partial charge in [-0.15, -0.1) is 11.3 Å². The average molecular weight is 285 g/mol. The lowest BCUT2D eigenvalue weighted by molar-refractivity contribution is -0.142. The van der Waals surface area contributed by atoms with Crippen LogP contribution in [0.2, 0.25) is 0 Å². The molecule has 2 heterocycles. The number of carbonyl (C=O) groups is 2. The van der Waals surface area contributed by atoms with E-state index in [9.17, 15) is 9.59 Å². The number of ether oxygens (including phenoxy) is 2. The van der Waals surface area contributed by atoms with Crippen molar-refractivity contribution in [2.45, 2.75) is 6.04 Å². The molecule has 1 saturated heterocycles. The molecule has 0 radical (unpaired) electrons. The van der Waals surface area contributed by atoms with Crippen molar-refractivity contribution in [3.63, 3.8) is 0 Å². The van der Waals surface area contributed by atoms with Gasteiger partial charge in [0.2, 0.25) is 0 Å². The zero-order valence-corrected chi connectivity index (χ0v) is 11.5. The first-order valence-corrected chi connectivity index (χ1v) is 6.63. The number of methoxy groups -OCH3 is 1. The minimum Gasteiger partial charge on any atom is -0.495 e. The summed E-state index contributed by atoms with van der Waals surface area (Å²) in [5.41, 5.74) is 0. The summed E-state index contributed by atoms with van der Waals surface area (Å²) >= 11 is 1.27. The second kappa shape index (κ2) is 5.58. The van der Waals surface area contributed by atoms with E-state index in [4.69, 9.17) is 14.6 Å². The minimum atomic E-state index is -0.944. The Morgan fingerprint density at radius 2 is 2.26 bits per heavy atom. The van der Waals surface area contributed by atoms with Gasteiger partial charge >= 0.3 is 5.97 Å². The smallest absolute Gasteiger partial charge is 0.311 e. The zero-order valence-electron chi connectivity index (χ0n) is 10.7. The van der Waals surface area contributed by atoms with Crippen LogP contribution in [0.3, 0.4) is 0 Å². The number of aliphatic carboxylic acids is 1. The highest BCUT2D eigenvalue weighted by molar-refractivity contribution is 7.12. The zero-order chi connectivity index (χ0) is 14.0. The van der Waals surface area contributed by atoms with Crippen molar-refractivity contribution in [3.8, 4) is 5.75 Å². The fourth-order valence-corrected chi connectivity index (χ4v) is 2.93. The van der Waals surface area contributed by atoms with Crippen molar-refractivity contribution in [2.75, 3.05) is 27.4 Å². The molecule has 7 heteroatoms. The van der Waals surface area contributed by atoms with Crippen molar-refractivity contribution < 1.29 is 24.2 Å². The van der Waals surface area contributed by atoms with Crippen LogP contribution in [0.1, 0.15) is 9.67 Å². The number of carbonyl (C=O) groups excluding carboxylic acids is 1. The van der Waals surface area contributed by atoms with E-state index >= 15 is 0 Å². The van der Waals surface area contributed by atoms with Crippen LogP contribution in [0.4, 0.5) is 0 Å². The minimum absolute atomic E-state index is 0.138. The summed E-state index contributed by atoms with van der Waals surface area (Å²) in [6.07, 6.45) is 0. The van der Waals surface area contributed by atoms with Crippen molar-refractivity contribution in [2.24, 2.45) is 5.92 Å². The molecule has 2 rings (SSSR count). The Balaban J connectivity index is 2.17. The van der Waals surface area contributed by atoms with Crippen LogP contribution in [0.5, 0.6) is 5.75 Å². The van der Waals surface area contributed by atoms with Gasteiger partial charge in [0.15, 0.2) is 0 Å². The predicted molar refractivity (Wildman–Crippen MR) is 68.7 cm³/mol. The Bertz CT molecular complexity index is 486. The average Bonchev–Trinajstić information content (AvgIpc) is 3.04. The third kappa shape index (κ3) is 2.57. The number of nitrogens with zero attached hydrogens (tertiary/aromatic N) is 1. The van der Waals surface area contributed by atoms with Crippen molar-refractivity contribution in [1.29, 1.82) is 0 Å². The molecule has 1 aromatic rings. The molecule has 2 unspecified atom stereocenters. The molecule has 0 aliphatic carbocycles. The number of carboxylic acids is 1. The summed E-state index contributed by atoms with van der Waals surface area (Å²) < 4.78 is 10.3. The number of thiophene rings is 1. The molecule has 1 aromatic heterocycles. The summed E-state index contributed by atoms with van der Waals surface area (Å²) in [6, 6.07) is 1.27. The van der Waals surface area contributed by atoms with E-state index in [2.05, 4.69) is 0 Å². The van der Waals surface area contributed by atoms with E-state index in [0.717, 1.165) is 0 Å². The van der Waals surface area contributed by atoms with Gasteiger partial charge in [-0.05, 0) is 11.4 Å². The normalized spacial score (nSPS) is 22.2. The van der Waals surface area contributed by atoms with E-state index in [0.29, 0.717) is 10.6 Å². The van der Waals surface area contributed by atoms with Crippen LogP contribution < -0.4 is 4.74 Å². The van der Waals surface area contributed by atoms with Gasteiger partial charge in [0.25, 0.3) is 5.91 Å². The maximum atomic E-state index is 12.3. The van der Waals surface area contributed by atoms with Crippen molar-refractivity contribution in [1.82, 2.24) is 4.90 Å². The molecule has 0 bridgehead atoms. The van der Waals surface area contributed by atoms with Crippen LogP contribution in [-0.4, -0.2) is 55.3 Å². The first-order valence-electron chi connectivity index (χ1n) is 5.75. The first-order chi connectivity index (χ1) is 9.06. The Kier molecular flexibility index (Phi) is 4.06. The molecule has 1 aliphatic rings. The largest absolute Gasteiger partial charge is 0.495 e. The topological polar surface area (TPSA) is 76.1 Å². The van der Waals surface area contributed by atoms with E-state index in [-0.39, 0.29) is 19.1 Å². The number of hydrogen-bond donors (Lipinski definition) is 1. The molecule has 0 spiro atoms. The molecule has 1 amide bonds. The van der Waals surface area contributed by atoms with E-state index in [1.54, 1.807) is 18.5 Å². The SMILES string of the molecule is COc1ccsc1C(=O)N(C)C1COCC1C(=O)O. The van der Waals surface area contributed by atoms with Gasteiger partial charge in [-0.2, -0.15) is 0 Å². The van der Waals surface area contributed by atoms with Gasteiger partial charge in [-0.1, -0.05) is 0 Å². The molecule has 1 aliphatic heterocycles. The Morgan fingerprint density at radius 1 is 1.53 bits per heavy atom. The van der Waals surface area contributed by atoms with Crippen LogP contribution in [0, 0.1) is 5.92 Å². The third-order valence-corrected chi connectivity index (χ3v) is 4.11. The van der Waals surface area contributed by atoms with E-state index in [1.807, 2.05) is 0 Å². The molecular weight excluding hydrogens is 270 g/mol.